The second kappa shape index (κ2) is 5.60. The van der Waals surface area contributed by atoms with Gasteiger partial charge in [-0.2, -0.15) is 0 Å². The lowest BCUT2D eigenvalue weighted by Crippen LogP contribution is -2.12. The first-order chi connectivity index (χ1) is 9.02. The SMILES string of the molecule is COc1cc(C)cc(C)c1C(=O)C1=CCC(C)CC1. The molecule has 102 valence electrons. The van der Waals surface area contributed by atoms with E-state index in [-0.39, 0.29) is 5.78 Å². The molecule has 0 amide bonds. The topological polar surface area (TPSA) is 26.3 Å². The van der Waals surface area contributed by atoms with E-state index >= 15 is 0 Å². The third-order valence-electron chi connectivity index (χ3n) is 3.86. The van der Waals surface area contributed by atoms with Crippen LogP contribution in [-0.2, 0) is 0 Å². The number of Topliss-reactive ketones (excluding diaryl/α,β-unsaturated/α-hetero) is 1. The Hall–Kier alpha value is -1.57. The van der Waals surface area contributed by atoms with E-state index in [4.69, 9.17) is 4.74 Å². The van der Waals surface area contributed by atoms with E-state index in [9.17, 15) is 4.79 Å². The van der Waals surface area contributed by atoms with Gasteiger partial charge >= 0.3 is 0 Å². The highest BCUT2D eigenvalue weighted by molar-refractivity contribution is 6.11. The molecule has 1 aliphatic rings. The number of hydrogen-bond donors (Lipinski definition) is 0. The number of rotatable bonds is 3. The summed E-state index contributed by atoms with van der Waals surface area (Å²) in [5, 5.41) is 0. The number of aryl methyl sites for hydroxylation is 2. The summed E-state index contributed by atoms with van der Waals surface area (Å²) in [6.45, 7) is 6.23. The summed E-state index contributed by atoms with van der Waals surface area (Å²) in [6.07, 6.45) is 5.10. The molecule has 0 saturated carbocycles. The maximum atomic E-state index is 12.7. The fourth-order valence-electron chi connectivity index (χ4n) is 2.71. The van der Waals surface area contributed by atoms with Crippen LogP contribution in [0, 0.1) is 19.8 Å². The molecule has 0 aromatic heterocycles. The van der Waals surface area contributed by atoms with E-state index in [2.05, 4.69) is 13.0 Å². The van der Waals surface area contributed by atoms with Crippen LogP contribution in [0.2, 0.25) is 0 Å². The second-order valence-corrected chi connectivity index (χ2v) is 5.60. The van der Waals surface area contributed by atoms with Crippen LogP contribution in [0.3, 0.4) is 0 Å². The predicted octanol–water partition coefficient (Wildman–Crippen LogP) is 4.24. The molecule has 1 aliphatic carbocycles. The van der Waals surface area contributed by atoms with Gasteiger partial charge in [0.2, 0.25) is 0 Å². The number of hydrogen-bond acceptors (Lipinski definition) is 2. The minimum Gasteiger partial charge on any atom is -0.496 e. The van der Waals surface area contributed by atoms with Gasteiger partial charge in [-0.15, -0.1) is 0 Å². The molecule has 0 bridgehead atoms. The van der Waals surface area contributed by atoms with E-state index in [1.165, 1.54) is 0 Å². The molecule has 1 atom stereocenters. The molecule has 0 fully saturated rings. The van der Waals surface area contributed by atoms with Gasteiger partial charge in [-0.1, -0.05) is 19.1 Å². The van der Waals surface area contributed by atoms with Crippen molar-refractivity contribution in [3.63, 3.8) is 0 Å². The zero-order chi connectivity index (χ0) is 14.0. The van der Waals surface area contributed by atoms with Gasteiger partial charge in [-0.25, -0.2) is 0 Å². The Bertz CT molecular complexity index is 526. The van der Waals surface area contributed by atoms with Crippen LogP contribution >= 0.6 is 0 Å². The number of ketones is 1. The van der Waals surface area contributed by atoms with Gasteiger partial charge in [0.1, 0.15) is 5.75 Å². The van der Waals surface area contributed by atoms with Crippen LogP contribution in [0.5, 0.6) is 5.75 Å². The highest BCUT2D eigenvalue weighted by Crippen LogP contribution is 2.31. The first kappa shape index (κ1) is 13.9. The molecule has 2 nitrogen and oxygen atoms in total. The molecule has 0 spiro atoms. The molecule has 1 aromatic rings. The Balaban J connectivity index is 2.39. The molecule has 1 aromatic carbocycles. The maximum Gasteiger partial charge on any atom is 0.192 e. The van der Waals surface area contributed by atoms with Gasteiger partial charge in [0.15, 0.2) is 5.78 Å². The molecule has 0 aliphatic heterocycles. The molecule has 0 radical (unpaired) electrons. The van der Waals surface area contributed by atoms with Crippen LogP contribution in [0.25, 0.3) is 0 Å². The Kier molecular flexibility index (Phi) is 4.08. The zero-order valence-corrected chi connectivity index (χ0v) is 12.2. The van der Waals surface area contributed by atoms with Gasteiger partial charge in [-0.3, -0.25) is 4.79 Å². The number of carbonyl (C=O) groups is 1. The minimum atomic E-state index is 0.140. The molecule has 1 unspecified atom stereocenters. The van der Waals surface area contributed by atoms with Crippen molar-refractivity contribution < 1.29 is 9.53 Å². The lowest BCUT2D eigenvalue weighted by molar-refractivity contribution is 0.102. The third kappa shape index (κ3) is 2.89. The molecular weight excluding hydrogens is 236 g/mol. The molecule has 0 saturated heterocycles. The highest BCUT2D eigenvalue weighted by atomic mass is 16.5. The van der Waals surface area contributed by atoms with Crippen LogP contribution in [0.15, 0.2) is 23.8 Å². The first-order valence-electron chi connectivity index (χ1n) is 6.92. The van der Waals surface area contributed by atoms with Gasteiger partial charge in [-0.05, 0) is 61.8 Å². The summed E-state index contributed by atoms with van der Waals surface area (Å²) >= 11 is 0. The molecule has 0 N–H and O–H groups in total. The van der Waals surface area contributed by atoms with E-state index < -0.39 is 0 Å². The Morgan fingerprint density at radius 3 is 2.63 bits per heavy atom. The van der Waals surface area contributed by atoms with Crippen LogP contribution in [-0.4, -0.2) is 12.9 Å². The second-order valence-electron chi connectivity index (χ2n) is 5.60. The molecule has 2 rings (SSSR count). The zero-order valence-electron chi connectivity index (χ0n) is 12.2. The Labute approximate surface area is 115 Å². The standard InChI is InChI=1S/C17H22O2/c1-11-5-7-14(8-6-11)17(18)16-13(3)9-12(2)10-15(16)19-4/h7,9-11H,5-6,8H2,1-4H3. The molecule has 2 heteroatoms. The summed E-state index contributed by atoms with van der Waals surface area (Å²) in [7, 11) is 1.63. The number of allylic oxidation sites excluding steroid dienone is 2. The van der Waals surface area contributed by atoms with E-state index in [1.54, 1.807) is 7.11 Å². The van der Waals surface area contributed by atoms with Crippen molar-refractivity contribution in [3.8, 4) is 5.75 Å². The van der Waals surface area contributed by atoms with Crippen LogP contribution in [0.1, 0.15) is 47.7 Å². The maximum absolute atomic E-state index is 12.7. The normalized spacial score (nSPS) is 18.9. The highest BCUT2D eigenvalue weighted by Gasteiger charge is 2.22. The lowest BCUT2D eigenvalue weighted by Gasteiger charge is -2.19. The quantitative estimate of drug-likeness (QED) is 0.758. The number of ether oxygens (including phenoxy) is 1. The fraction of sp³-hybridized carbons (Fsp3) is 0.471. The largest absolute Gasteiger partial charge is 0.496 e. The summed E-state index contributed by atoms with van der Waals surface area (Å²) in [5.41, 5.74) is 3.80. The summed E-state index contributed by atoms with van der Waals surface area (Å²) in [5.74, 6) is 1.53. The first-order valence-corrected chi connectivity index (χ1v) is 6.92. The predicted molar refractivity (Wildman–Crippen MR) is 77.9 cm³/mol. The summed E-state index contributed by atoms with van der Waals surface area (Å²) in [4.78, 5) is 12.7. The molecular formula is C17H22O2. The van der Waals surface area contributed by atoms with Gasteiger partial charge < -0.3 is 4.74 Å². The molecule has 0 heterocycles. The van der Waals surface area contributed by atoms with Crippen molar-refractivity contribution in [2.75, 3.05) is 7.11 Å². The lowest BCUT2D eigenvalue weighted by atomic mass is 9.86. The van der Waals surface area contributed by atoms with Crippen LogP contribution in [0.4, 0.5) is 0 Å². The number of methoxy groups -OCH3 is 1. The Morgan fingerprint density at radius 1 is 1.32 bits per heavy atom. The van der Waals surface area contributed by atoms with Crippen molar-refractivity contribution in [2.45, 2.75) is 40.0 Å². The summed E-state index contributed by atoms with van der Waals surface area (Å²) < 4.78 is 5.39. The van der Waals surface area contributed by atoms with Crippen molar-refractivity contribution in [3.05, 3.63) is 40.5 Å². The van der Waals surface area contributed by atoms with Gasteiger partial charge in [0.25, 0.3) is 0 Å². The van der Waals surface area contributed by atoms with Gasteiger partial charge in [0.05, 0.1) is 12.7 Å². The average molecular weight is 258 g/mol. The monoisotopic (exact) mass is 258 g/mol. The number of benzene rings is 1. The van der Waals surface area contributed by atoms with Crippen molar-refractivity contribution >= 4 is 5.78 Å². The van der Waals surface area contributed by atoms with Crippen molar-refractivity contribution in [1.82, 2.24) is 0 Å². The van der Waals surface area contributed by atoms with E-state index in [1.807, 2.05) is 26.0 Å². The van der Waals surface area contributed by atoms with Crippen molar-refractivity contribution in [1.29, 1.82) is 0 Å². The van der Waals surface area contributed by atoms with E-state index in [0.29, 0.717) is 11.7 Å². The smallest absolute Gasteiger partial charge is 0.192 e. The molecule has 19 heavy (non-hydrogen) atoms. The van der Waals surface area contributed by atoms with Crippen LogP contribution < -0.4 is 4.74 Å². The summed E-state index contributed by atoms with van der Waals surface area (Å²) in [6, 6.07) is 3.98. The minimum absolute atomic E-state index is 0.140. The van der Waals surface area contributed by atoms with E-state index in [0.717, 1.165) is 41.5 Å². The van der Waals surface area contributed by atoms with Gasteiger partial charge in [0, 0.05) is 0 Å². The van der Waals surface area contributed by atoms with Crippen molar-refractivity contribution in [2.24, 2.45) is 5.92 Å². The fourth-order valence-corrected chi connectivity index (χ4v) is 2.71. The average Bonchev–Trinajstić information content (AvgIpc) is 2.38. The Morgan fingerprint density at radius 2 is 2.05 bits per heavy atom. The third-order valence-corrected chi connectivity index (χ3v) is 3.86. The number of carbonyl (C=O) groups excluding carboxylic acids is 1.